The SMILES string of the molecule is CCOC(=O)c1sc(N(C)C(=O)CCNC(=O)OC(C)(C)C)nc1C. The first kappa shape index (κ1) is 20.9. The number of hydrogen-bond donors (Lipinski definition) is 1. The molecule has 25 heavy (non-hydrogen) atoms. The third-order valence-corrected chi connectivity index (χ3v) is 4.13. The molecule has 0 aliphatic carbocycles. The van der Waals surface area contributed by atoms with Gasteiger partial charge < -0.3 is 14.8 Å². The van der Waals surface area contributed by atoms with Gasteiger partial charge in [-0.15, -0.1) is 0 Å². The number of aryl methyl sites for hydroxylation is 1. The number of aromatic nitrogens is 1. The lowest BCUT2D eigenvalue weighted by Crippen LogP contribution is -2.35. The van der Waals surface area contributed by atoms with E-state index in [0.29, 0.717) is 15.7 Å². The molecule has 140 valence electrons. The molecule has 0 aliphatic heterocycles. The number of ether oxygens (including phenoxy) is 2. The van der Waals surface area contributed by atoms with E-state index in [9.17, 15) is 14.4 Å². The van der Waals surface area contributed by atoms with Gasteiger partial charge in [-0.25, -0.2) is 14.6 Å². The van der Waals surface area contributed by atoms with Crippen LogP contribution in [0.15, 0.2) is 0 Å². The number of rotatable bonds is 6. The zero-order chi connectivity index (χ0) is 19.2. The summed E-state index contributed by atoms with van der Waals surface area (Å²) in [4.78, 5) is 41.5. The summed E-state index contributed by atoms with van der Waals surface area (Å²) in [6, 6.07) is 0. The van der Waals surface area contributed by atoms with Crippen molar-refractivity contribution in [3.8, 4) is 0 Å². The molecule has 0 bridgehead atoms. The Bertz CT molecular complexity index is 636. The van der Waals surface area contributed by atoms with Gasteiger partial charge in [-0.05, 0) is 34.6 Å². The highest BCUT2D eigenvalue weighted by Crippen LogP contribution is 2.26. The number of thiazole rings is 1. The molecule has 8 nitrogen and oxygen atoms in total. The highest BCUT2D eigenvalue weighted by Gasteiger charge is 2.21. The second-order valence-corrected chi connectivity index (χ2v) is 7.24. The van der Waals surface area contributed by atoms with Crippen molar-refractivity contribution >= 4 is 34.4 Å². The Morgan fingerprint density at radius 3 is 2.48 bits per heavy atom. The van der Waals surface area contributed by atoms with Gasteiger partial charge in [-0.2, -0.15) is 0 Å². The normalized spacial score (nSPS) is 11.0. The Morgan fingerprint density at radius 2 is 1.92 bits per heavy atom. The minimum Gasteiger partial charge on any atom is -0.462 e. The molecular weight excluding hydrogens is 346 g/mol. The second-order valence-electron chi connectivity index (χ2n) is 6.26. The molecule has 1 aromatic rings. The topological polar surface area (TPSA) is 97.8 Å². The summed E-state index contributed by atoms with van der Waals surface area (Å²) >= 11 is 1.10. The van der Waals surface area contributed by atoms with E-state index >= 15 is 0 Å². The quantitative estimate of drug-likeness (QED) is 0.772. The molecule has 9 heteroatoms. The summed E-state index contributed by atoms with van der Waals surface area (Å²) in [6.07, 6.45) is -0.485. The van der Waals surface area contributed by atoms with Crippen LogP contribution in [-0.2, 0) is 14.3 Å². The van der Waals surface area contributed by atoms with Crippen LogP contribution < -0.4 is 10.2 Å². The van der Waals surface area contributed by atoms with E-state index in [1.807, 2.05) is 0 Å². The summed E-state index contributed by atoms with van der Waals surface area (Å²) in [5.41, 5.74) is -0.0720. The van der Waals surface area contributed by atoms with Crippen LogP contribution in [0.1, 0.15) is 49.5 Å². The Balaban J connectivity index is 2.58. The van der Waals surface area contributed by atoms with E-state index in [2.05, 4.69) is 10.3 Å². The van der Waals surface area contributed by atoms with Crippen LogP contribution in [0.2, 0.25) is 0 Å². The first-order valence-corrected chi connectivity index (χ1v) is 8.74. The van der Waals surface area contributed by atoms with E-state index in [1.165, 1.54) is 4.90 Å². The van der Waals surface area contributed by atoms with Gasteiger partial charge in [0.1, 0.15) is 10.5 Å². The Labute approximate surface area is 151 Å². The lowest BCUT2D eigenvalue weighted by atomic mass is 10.2. The maximum absolute atomic E-state index is 12.2. The molecule has 1 rings (SSSR count). The maximum atomic E-state index is 12.2. The number of hydrogen-bond acceptors (Lipinski definition) is 7. The zero-order valence-electron chi connectivity index (χ0n) is 15.5. The van der Waals surface area contributed by atoms with Crippen LogP contribution in [0.5, 0.6) is 0 Å². The van der Waals surface area contributed by atoms with Gasteiger partial charge in [0.25, 0.3) is 0 Å². The Morgan fingerprint density at radius 1 is 1.28 bits per heavy atom. The third kappa shape index (κ3) is 6.69. The number of nitrogens with one attached hydrogen (secondary N) is 1. The van der Waals surface area contributed by atoms with Crippen molar-refractivity contribution in [3.05, 3.63) is 10.6 Å². The summed E-state index contributed by atoms with van der Waals surface area (Å²) in [7, 11) is 1.57. The fourth-order valence-corrected chi connectivity index (χ4v) is 2.71. The number of nitrogens with zero attached hydrogens (tertiary/aromatic N) is 2. The van der Waals surface area contributed by atoms with E-state index in [1.54, 1.807) is 41.7 Å². The van der Waals surface area contributed by atoms with Gasteiger partial charge >= 0.3 is 12.1 Å². The van der Waals surface area contributed by atoms with Gasteiger partial charge in [0.2, 0.25) is 5.91 Å². The number of esters is 1. The lowest BCUT2D eigenvalue weighted by Gasteiger charge is -2.20. The second kappa shape index (κ2) is 8.80. The lowest BCUT2D eigenvalue weighted by molar-refractivity contribution is -0.118. The molecule has 1 heterocycles. The molecule has 0 saturated carbocycles. The van der Waals surface area contributed by atoms with Crippen LogP contribution in [0, 0.1) is 6.92 Å². The van der Waals surface area contributed by atoms with Crippen molar-refractivity contribution in [1.29, 1.82) is 0 Å². The average Bonchev–Trinajstić information content (AvgIpc) is 2.86. The average molecular weight is 371 g/mol. The van der Waals surface area contributed by atoms with Gasteiger partial charge in [0.05, 0.1) is 12.3 Å². The molecule has 0 aliphatic rings. The Kier molecular flexibility index (Phi) is 7.35. The van der Waals surface area contributed by atoms with Crippen LogP contribution in [0.3, 0.4) is 0 Å². The van der Waals surface area contributed by atoms with Gasteiger partial charge in [0, 0.05) is 20.0 Å². The third-order valence-electron chi connectivity index (χ3n) is 2.91. The molecule has 0 saturated heterocycles. The number of anilines is 1. The molecule has 0 radical (unpaired) electrons. The minimum atomic E-state index is -0.590. The molecule has 0 unspecified atom stereocenters. The number of amides is 2. The molecule has 1 aromatic heterocycles. The van der Waals surface area contributed by atoms with Crippen LogP contribution in [0.4, 0.5) is 9.93 Å². The minimum absolute atomic E-state index is 0.0864. The zero-order valence-corrected chi connectivity index (χ0v) is 16.3. The molecule has 0 atom stereocenters. The van der Waals surface area contributed by atoms with Crippen molar-refractivity contribution < 1.29 is 23.9 Å². The molecule has 2 amide bonds. The molecule has 1 N–H and O–H groups in total. The Hall–Kier alpha value is -2.16. The molecular formula is C16H25N3O5S. The largest absolute Gasteiger partial charge is 0.462 e. The van der Waals surface area contributed by atoms with E-state index in [4.69, 9.17) is 9.47 Å². The van der Waals surface area contributed by atoms with Crippen molar-refractivity contribution in [2.24, 2.45) is 0 Å². The van der Waals surface area contributed by atoms with Gasteiger partial charge in [-0.3, -0.25) is 9.69 Å². The van der Waals surface area contributed by atoms with Crippen LogP contribution >= 0.6 is 11.3 Å². The van der Waals surface area contributed by atoms with Crippen molar-refractivity contribution in [2.75, 3.05) is 25.1 Å². The summed E-state index contributed by atoms with van der Waals surface area (Å²) in [5, 5.41) is 2.93. The highest BCUT2D eigenvalue weighted by molar-refractivity contribution is 7.17. The molecule has 0 fully saturated rings. The number of alkyl carbamates (subject to hydrolysis) is 1. The summed E-state index contributed by atoms with van der Waals surface area (Å²) < 4.78 is 10.1. The van der Waals surface area contributed by atoms with Crippen molar-refractivity contribution in [3.63, 3.8) is 0 Å². The summed E-state index contributed by atoms with van der Waals surface area (Å²) in [6.45, 7) is 9.12. The van der Waals surface area contributed by atoms with Gasteiger partial charge in [0.15, 0.2) is 5.13 Å². The monoisotopic (exact) mass is 371 g/mol. The first-order valence-electron chi connectivity index (χ1n) is 7.93. The predicted octanol–water partition coefficient (Wildman–Crippen LogP) is 2.51. The molecule has 0 aromatic carbocycles. The predicted molar refractivity (Wildman–Crippen MR) is 95.1 cm³/mol. The molecule has 0 spiro atoms. The number of carbonyl (C=O) groups is 3. The fourth-order valence-electron chi connectivity index (χ4n) is 1.77. The van der Waals surface area contributed by atoms with E-state index < -0.39 is 17.7 Å². The van der Waals surface area contributed by atoms with Crippen LogP contribution in [0.25, 0.3) is 0 Å². The van der Waals surface area contributed by atoms with Gasteiger partial charge in [-0.1, -0.05) is 11.3 Å². The van der Waals surface area contributed by atoms with E-state index in [0.717, 1.165) is 11.3 Å². The van der Waals surface area contributed by atoms with Crippen LogP contribution in [-0.4, -0.2) is 48.8 Å². The standard InChI is InChI=1S/C16H25N3O5S/c1-7-23-13(21)12-10(2)18-14(25-12)19(6)11(20)8-9-17-15(22)24-16(3,4)5/h7-9H2,1-6H3,(H,17,22). The van der Waals surface area contributed by atoms with E-state index in [-0.39, 0.29) is 25.5 Å². The first-order chi connectivity index (χ1) is 11.5. The van der Waals surface area contributed by atoms with Crippen molar-refractivity contribution in [1.82, 2.24) is 10.3 Å². The summed E-state index contributed by atoms with van der Waals surface area (Å²) in [5.74, 6) is -0.684. The number of carbonyl (C=O) groups excluding carboxylic acids is 3. The smallest absolute Gasteiger partial charge is 0.407 e. The highest BCUT2D eigenvalue weighted by atomic mass is 32.1. The van der Waals surface area contributed by atoms with Crippen molar-refractivity contribution in [2.45, 2.75) is 46.6 Å². The maximum Gasteiger partial charge on any atom is 0.407 e. The fraction of sp³-hybridized carbons (Fsp3) is 0.625.